The molecule has 0 spiro atoms. The van der Waals surface area contributed by atoms with Gasteiger partial charge in [-0.25, -0.2) is 9.78 Å². The molecule has 26 heavy (non-hydrogen) atoms. The first-order chi connectivity index (χ1) is 12.3. The van der Waals surface area contributed by atoms with Gasteiger partial charge in [-0.15, -0.1) is 0 Å². The van der Waals surface area contributed by atoms with Gasteiger partial charge in [-0.3, -0.25) is 9.88 Å². The molecular weight excluding hydrogens is 394 g/mol. The summed E-state index contributed by atoms with van der Waals surface area (Å²) in [5.41, 5.74) is 3.35. The summed E-state index contributed by atoms with van der Waals surface area (Å²) in [4.78, 5) is 23.8. The van der Waals surface area contributed by atoms with Crippen molar-refractivity contribution in [3.05, 3.63) is 40.6 Å². The number of ether oxygens (including phenoxy) is 1. The molecule has 1 aromatic heterocycles. The molecule has 0 saturated carbocycles. The van der Waals surface area contributed by atoms with E-state index in [4.69, 9.17) is 9.72 Å². The third-order valence-electron chi connectivity index (χ3n) is 4.83. The summed E-state index contributed by atoms with van der Waals surface area (Å²) in [5, 5.41) is 0. The number of carbonyl (C=O) groups is 1. The van der Waals surface area contributed by atoms with Gasteiger partial charge in [0.2, 0.25) is 0 Å². The average molecular weight is 416 g/mol. The molecule has 0 N–H and O–H groups in total. The average Bonchev–Trinajstić information content (AvgIpc) is 2.83. The summed E-state index contributed by atoms with van der Waals surface area (Å²) in [6, 6.07) is 6.17. The maximum Gasteiger partial charge on any atom is 0.411 e. The van der Waals surface area contributed by atoms with Gasteiger partial charge in [0, 0.05) is 10.5 Å². The first kappa shape index (κ1) is 17.5. The monoisotopic (exact) mass is 415 g/mol. The number of hydrogen-bond acceptors (Lipinski definition) is 4. The number of benzene rings is 1. The summed E-state index contributed by atoms with van der Waals surface area (Å²) in [5.74, 6) is 0. The van der Waals surface area contributed by atoms with Crippen LogP contribution in [0.5, 0.6) is 0 Å². The fraction of sp³-hybridized carbons (Fsp3) is 0.450. The van der Waals surface area contributed by atoms with Gasteiger partial charge in [-0.1, -0.05) is 22.0 Å². The minimum atomic E-state index is -0.474. The first-order valence-corrected chi connectivity index (χ1v) is 9.74. The van der Waals surface area contributed by atoms with Gasteiger partial charge < -0.3 is 4.74 Å². The Kier molecular flexibility index (Phi) is 4.26. The van der Waals surface area contributed by atoms with Gasteiger partial charge in [-0.2, -0.15) is 0 Å². The number of nitrogens with zero attached hydrogens (tertiary/aromatic N) is 3. The van der Waals surface area contributed by atoms with Crippen molar-refractivity contribution in [2.75, 3.05) is 0 Å². The lowest BCUT2D eigenvalue weighted by molar-refractivity contribution is 0.0175. The van der Waals surface area contributed by atoms with Crippen LogP contribution in [0.2, 0.25) is 0 Å². The largest absolute Gasteiger partial charge is 0.444 e. The van der Waals surface area contributed by atoms with Crippen LogP contribution in [-0.2, 0) is 4.74 Å². The van der Waals surface area contributed by atoms with Crippen LogP contribution in [0.3, 0.4) is 0 Å². The smallest absolute Gasteiger partial charge is 0.411 e. The number of fused-ring (bicyclic) bond motifs is 3. The summed E-state index contributed by atoms with van der Waals surface area (Å²) in [7, 11) is 0. The number of carbonyl (C=O) groups excluding carboxylic acids is 1. The van der Waals surface area contributed by atoms with Crippen molar-refractivity contribution in [1.82, 2.24) is 14.9 Å². The van der Waals surface area contributed by atoms with Crippen LogP contribution in [-0.4, -0.2) is 38.6 Å². The molecule has 136 valence electrons. The van der Waals surface area contributed by atoms with Crippen LogP contribution in [0.25, 0.3) is 16.6 Å². The van der Waals surface area contributed by atoms with E-state index < -0.39 is 5.60 Å². The number of rotatable bonds is 1. The highest BCUT2D eigenvalue weighted by Crippen LogP contribution is 2.39. The second-order valence-corrected chi connectivity index (χ2v) is 8.89. The maximum absolute atomic E-state index is 12.6. The molecule has 0 radical (unpaired) electrons. The predicted molar refractivity (Wildman–Crippen MR) is 105 cm³/mol. The fourth-order valence-corrected chi connectivity index (χ4v) is 4.11. The zero-order valence-corrected chi connectivity index (χ0v) is 16.8. The lowest BCUT2D eigenvalue weighted by Crippen LogP contribution is -2.45. The van der Waals surface area contributed by atoms with Crippen LogP contribution < -0.4 is 0 Å². The van der Waals surface area contributed by atoms with Crippen molar-refractivity contribution in [1.29, 1.82) is 0 Å². The van der Waals surface area contributed by atoms with Gasteiger partial charge >= 0.3 is 6.09 Å². The van der Waals surface area contributed by atoms with Gasteiger partial charge in [0.05, 0.1) is 29.0 Å². The first-order valence-electron chi connectivity index (χ1n) is 8.95. The Hall–Kier alpha value is -1.95. The van der Waals surface area contributed by atoms with E-state index in [2.05, 4.69) is 27.0 Å². The topological polar surface area (TPSA) is 55.3 Å². The van der Waals surface area contributed by atoms with E-state index in [1.165, 1.54) is 5.57 Å². The van der Waals surface area contributed by atoms with Gasteiger partial charge in [0.25, 0.3) is 0 Å². The molecular formula is C20H22BrN3O2. The number of halogens is 1. The molecule has 1 fully saturated rings. The van der Waals surface area contributed by atoms with E-state index in [1.54, 1.807) is 0 Å². The van der Waals surface area contributed by atoms with Crippen LogP contribution in [0.1, 0.15) is 45.7 Å². The number of hydrogen-bond donors (Lipinski definition) is 0. The summed E-state index contributed by atoms with van der Waals surface area (Å²) in [6.07, 6.45) is 6.56. The molecule has 1 amide bonds. The van der Waals surface area contributed by atoms with Gasteiger partial charge in [-0.05, 0) is 63.8 Å². The molecule has 5 nitrogen and oxygen atoms in total. The van der Waals surface area contributed by atoms with Crippen molar-refractivity contribution < 1.29 is 9.53 Å². The molecule has 1 saturated heterocycles. The minimum absolute atomic E-state index is 0.0820. The Balaban J connectivity index is 1.62. The van der Waals surface area contributed by atoms with E-state index in [0.29, 0.717) is 0 Å². The molecule has 3 heterocycles. The second kappa shape index (κ2) is 6.34. The Morgan fingerprint density at radius 1 is 1.27 bits per heavy atom. The number of aromatic nitrogens is 2. The highest BCUT2D eigenvalue weighted by atomic mass is 79.9. The Labute approximate surface area is 161 Å². The second-order valence-electron chi connectivity index (χ2n) is 7.97. The third-order valence-corrected chi connectivity index (χ3v) is 5.33. The van der Waals surface area contributed by atoms with Crippen molar-refractivity contribution in [2.45, 2.75) is 57.7 Å². The van der Waals surface area contributed by atoms with Crippen molar-refractivity contribution in [3.63, 3.8) is 0 Å². The molecule has 4 rings (SSSR count). The summed E-state index contributed by atoms with van der Waals surface area (Å²) >= 11 is 3.49. The SMILES string of the molecule is CC(C)(C)OC(=O)N1C2C=C(c3cnc4ccc(Br)cc4n3)CC1CC2. The standard InChI is InChI=1S/C20H22BrN3O2/c1-20(2,3)26-19(25)24-14-5-6-15(24)9-12(8-14)18-11-22-16-7-4-13(21)10-17(16)23-18/h4,7-8,10-11,14-15H,5-6,9H2,1-3H3. The predicted octanol–water partition coefficient (Wildman–Crippen LogP) is 4.95. The van der Waals surface area contributed by atoms with E-state index in [0.717, 1.165) is 40.5 Å². The van der Waals surface area contributed by atoms with E-state index in [1.807, 2.05) is 50.1 Å². The van der Waals surface area contributed by atoms with E-state index >= 15 is 0 Å². The van der Waals surface area contributed by atoms with Gasteiger partial charge in [0.15, 0.2) is 0 Å². The van der Waals surface area contributed by atoms with E-state index in [9.17, 15) is 4.79 Å². The maximum atomic E-state index is 12.6. The molecule has 2 aliphatic rings. The lowest BCUT2D eigenvalue weighted by Gasteiger charge is -2.35. The molecule has 1 aromatic carbocycles. The molecule has 2 atom stereocenters. The normalized spacial score (nSPS) is 22.5. The van der Waals surface area contributed by atoms with Crippen LogP contribution >= 0.6 is 15.9 Å². The highest BCUT2D eigenvalue weighted by molar-refractivity contribution is 9.10. The number of amides is 1. The quantitative estimate of drug-likeness (QED) is 0.660. The summed E-state index contributed by atoms with van der Waals surface area (Å²) < 4.78 is 6.59. The highest BCUT2D eigenvalue weighted by Gasteiger charge is 2.41. The minimum Gasteiger partial charge on any atom is -0.444 e. The molecule has 2 aromatic rings. The van der Waals surface area contributed by atoms with Crippen LogP contribution in [0.15, 0.2) is 34.9 Å². The van der Waals surface area contributed by atoms with Crippen molar-refractivity contribution in [2.24, 2.45) is 0 Å². The molecule has 2 aliphatic heterocycles. The zero-order chi connectivity index (χ0) is 18.5. The molecule has 0 aliphatic carbocycles. The molecule has 2 unspecified atom stereocenters. The Morgan fingerprint density at radius 3 is 2.81 bits per heavy atom. The zero-order valence-electron chi connectivity index (χ0n) is 15.2. The Morgan fingerprint density at radius 2 is 2.08 bits per heavy atom. The van der Waals surface area contributed by atoms with Crippen LogP contribution in [0, 0.1) is 0 Å². The Bertz CT molecular complexity index is 904. The van der Waals surface area contributed by atoms with Crippen molar-refractivity contribution >= 4 is 38.6 Å². The third kappa shape index (κ3) is 3.34. The summed E-state index contributed by atoms with van der Waals surface area (Å²) in [6.45, 7) is 5.71. The van der Waals surface area contributed by atoms with Crippen LogP contribution in [0.4, 0.5) is 4.79 Å². The molecule has 2 bridgehead atoms. The molecule has 6 heteroatoms. The van der Waals surface area contributed by atoms with Crippen molar-refractivity contribution in [3.8, 4) is 0 Å². The van der Waals surface area contributed by atoms with Gasteiger partial charge in [0.1, 0.15) is 5.60 Å². The fourth-order valence-electron chi connectivity index (χ4n) is 3.76. The van der Waals surface area contributed by atoms with E-state index in [-0.39, 0.29) is 18.2 Å². The lowest BCUT2D eigenvalue weighted by atomic mass is 9.99.